The van der Waals surface area contributed by atoms with Gasteiger partial charge < -0.3 is 10.8 Å². The second-order valence-corrected chi connectivity index (χ2v) is 3.64. The van der Waals surface area contributed by atoms with E-state index in [-0.39, 0.29) is 6.04 Å². The van der Waals surface area contributed by atoms with E-state index in [1.54, 1.807) is 0 Å². The molecular weight excluding hydrogens is 162 g/mol. The number of hydrogen-bond acceptors (Lipinski definition) is 2. The maximum atomic E-state index is 9.70. The molecule has 0 aliphatic rings. The van der Waals surface area contributed by atoms with Gasteiger partial charge in [0.25, 0.3) is 0 Å². The van der Waals surface area contributed by atoms with Gasteiger partial charge in [-0.2, -0.15) is 0 Å². The van der Waals surface area contributed by atoms with Gasteiger partial charge in [0, 0.05) is 6.04 Å². The molecule has 0 saturated carbocycles. The summed E-state index contributed by atoms with van der Waals surface area (Å²) in [6.45, 7) is 3.93. The van der Waals surface area contributed by atoms with Crippen molar-refractivity contribution < 1.29 is 5.11 Å². The minimum Gasteiger partial charge on any atom is -0.388 e. The lowest BCUT2D eigenvalue weighted by atomic mass is 10.0. The number of aliphatic hydroxyl groups excluding tert-OH is 1. The number of aliphatic hydroxyl groups is 1. The average Bonchev–Trinajstić information content (AvgIpc) is 2.04. The monoisotopic (exact) mass is 179 g/mol. The summed E-state index contributed by atoms with van der Waals surface area (Å²) in [5.41, 5.74) is 7.75. The molecule has 2 atom stereocenters. The Kier molecular flexibility index (Phi) is 3.46. The van der Waals surface area contributed by atoms with E-state index < -0.39 is 6.10 Å². The second kappa shape index (κ2) is 4.40. The van der Waals surface area contributed by atoms with E-state index in [0.29, 0.717) is 6.42 Å². The summed E-state index contributed by atoms with van der Waals surface area (Å²) in [4.78, 5) is 0. The Labute approximate surface area is 79.4 Å². The Morgan fingerprint density at radius 2 is 1.85 bits per heavy atom. The topological polar surface area (TPSA) is 46.2 Å². The van der Waals surface area contributed by atoms with Crippen LogP contribution in [0, 0.1) is 6.92 Å². The summed E-state index contributed by atoms with van der Waals surface area (Å²) in [5.74, 6) is 0. The van der Waals surface area contributed by atoms with Crippen LogP contribution in [0.2, 0.25) is 0 Å². The third-order valence-electron chi connectivity index (χ3n) is 2.06. The predicted molar refractivity (Wildman–Crippen MR) is 54.4 cm³/mol. The van der Waals surface area contributed by atoms with Crippen molar-refractivity contribution in [3.8, 4) is 0 Å². The van der Waals surface area contributed by atoms with Gasteiger partial charge in [0.2, 0.25) is 0 Å². The lowest BCUT2D eigenvalue weighted by Gasteiger charge is -2.13. The van der Waals surface area contributed by atoms with Crippen molar-refractivity contribution in [3.63, 3.8) is 0 Å². The van der Waals surface area contributed by atoms with Crippen molar-refractivity contribution in [2.24, 2.45) is 5.73 Å². The van der Waals surface area contributed by atoms with Crippen molar-refractivity contribution in [2.45, 2.75) is 32.4 Å². The van der Waals surface area contributed by atoms with Crippen LogP contribution in [0.3, 0.4) is 0 Å². The SMILES string of the molecule is Cc1ccc(C(O)CC(C)N)cc1. The smallest absolute Gasteiger partial charge is 0.0804 e. The Balaban J connectivity index is 2.66. The van der Waals surface area contributed by atoms with E-state index >= 15 is 0 Å². The molecule has 0 bridgehead atoms. The maximum absolute atomic E-state index is 9.70. The summed E-state index contributed by atoms with van der Waals surface area (Å²) in [6, 6.07) is 7.93. The molecule has 13 heavy (non-hydrogen) atoms. The second-order valence-electron chi connectivity index (χ2n) is 3.64. The molecule has 0 aromatic heterocycles. The van der Waals surface area contributed by atoms with Crippen LogP contribution in [0.25, 0.3) is 0 Å². The van der Waals surface area contributed by atoms with E-state index in [9.17, 15) is 5.11 Å². The Morgan fingerprint density at radius 3 is 2.31 bits per heavy atom. The standard InChI is InChI=1S/C11H17NO/c1-8-3-5-10(6-4-8)11(13)7-9(2)12/h3-6,9,11,13H,7,12H2,1-2H3. The number of rotatable bonds is 3. The van der Waals surface area contributed by atoms with Crippen LogP contribution in [0.15, 0.2) is 24.3 Å². The first-order chi connectivity index (χ1) is 6.09. The van der Waals surface area contributed by atoms with Gasteiger partial charge in [-0.1, -0.05) is 29.8 Å². The fraction of sp³-hybridized carbons (Fsp3) is 0.455. The van der Waals surface area contributed by atoms with Gasteiger partial charge in [-0.15, -0.1) is 0 Å². The van der Waals surface area contributed by atoms with E-state index in [4.69, 9.17) is 5.73 Å². The highest BCUT2D eigenvalue weighted by Crippen LogP contribution is 2.17. The molecule has 0 amide bonds. The zero-order valence-corrected chi connectivity index (χ0v) is 8.20. The maximum Gasteiger partial charge on any atom is 0.0804 e. The minimum absolute atomic E-state index is 0.0382. The number of benzene rings is 1. The zero-order chi connectivity index (χ0) is 9.84. The summed E-state index contributed by atoms with van der Waals surface area (Å²) in [5, 5.41) is 9.70. The van der Waals surface area contributed by atoms with Crippen molar-refractivity contribution in [1.29, 1.82) is 0 Å². The van der Waals surface area contributed by atoms with E-state index in [0.717, 1.165) is 5.56 Å². The average molecular weight is 179 g/mol. The fourth-order valence-electron chi connectivity index (χ4n) is 1.28. The Hall–Kier alpha value is -0.860. The van der Waals surface area contributed by atoms with Gasteiger partial charge in [0.1, 0.15) is 0 Å². The van der Waals surface area contributed by atoms with Gasteiger partial charge in [-0.25, -0.2) is 0 Å². The predicted octanol–water partition coefficient (Wildman–Crippen LogP) is 1.77. The summed E-state index contributed by atoms with van der Waals surface area (Å²) in [7, 11) is 0. The van der Waals surface area contributed by atoms with Crippen LogP contribution in [0.5, 0.6) is 0 Å². The van der Waals surface area contributed by atoms with Crippen LogP contribution in [-0.2, 0) is 0 Å². The molecule has 0 fully saturated rings. The third-order valence-corrected chi connectivity index (χ3v) is 2.06. The zero-order valence-electron chi connectivity index (χ0n) is 8.20. The van der Waals surface area contributed by atoms with Crippen LogP contribution >= 0.6 is 0 Å². The van der Waals surface area contributed by atoms with Gasteiger partial charge in [0.15, 0.2) is 0 Å². The number of hydrogen-bond donors (Lipinski definition) is 2. The van der Waals surface area contributed by atoms with E-state index in [2.05, 4.69) is 0 Å². The van der Waals surface area contributed by atoms with Gasteiger partial charge >= 0.3 is 0 Å². The summed E-state index contributed by atoms with van der Waals surface area (Å²) in [6.07, 6.45) is 0.184. The highest BCUT2D eigenvalue weighted by Gasteiger charge is 2.08. The first kappa shape index (κ1) is 10.2. The highest BCUT2D eigenvalue weighted by atomic mass is 16.3. The molecule has 2 unspecified atom stereocenters. The minimum atomic E-state index is -0.430. The molecule has 72 valence electrons. The molecule has 1 rings (SSSR count). The molecule has 3 N–H and O–H groups in total. The van der Waals surface area contributed by atoms with Crippen molar-refractivity contribution in [1.82, 2.24) is 0 Å². The van der Waals surface area contributed by atoms with Crippen LogP contribution in [0.4, 0.5) is 0 Å². The lowest BCUT2D eigenvalue weighted by molar-refractivity contribution is 0.160. The van der Waals surface area contributed by atoms with Crippen LogP contribution in [0.1, 0.15) is 30.6 Å². The van der Waals surface area contributed by atoms with E-state index in [1.165, 1.54) is 5.56 Å². The molecule has 1 aromatic carbocycles. The van der Waals surface area contributed by atoms with Crippen LogP contribution < -0.4 is 5.73 Å². The van der Waals surface area contributed by atoms with E-state index in [1.807, 2.05) is 38.1 Å². The quantitative estimate of drug-likeness (QED) is 0.742. The summed E-state index contributed by atoms with van der Waals surface area (Å²) < 4.78 is 0. The molecule has 0 aliphatic heterocycles. The normalized spacial score (nSPS) is 15.4. The van der Waals surface area contributed by atoms with Crippen molar-refractivity contribution in [3.05, 3.63) is 35.4 Å². The van der Waals surface area contributed by atoms with Gasteiger partial charge in [0.05, 0.1) is 6.10 Å². The molecule has 1 aromatic rings. The molecule has 0 radical (unpaired) electrons. The van der Waals surface area contributed by atoms with Gasteiger partial charge in [-0.3, -0.25) is 0 Å². The molecule has 0 heterocycles. The Bertz CT molecular complexity index is 253. The largest absolute Gasteiger partial charge is 0.388 e. The molecule has 0 aliphatic carbocycles. The third kappa shape index (κ3) is 3.17. The molecule has 2 heteroatoms. The fourth-order valence-corrected chi connectivity index (χ4v) is 1.28. The first-order valence-electron chi connectivity index (χ1n) is 4.60. The number of nitrogens with two attached hydrogens (primary N) is 1. The molecule has 0 saturated heterocycles. The molecule has 2 nitrogen and oxygen atoms in total. The highest BCUT2D eigenvalue weighted by molar-refractivity contribution is 5.23. The van der Waals surface area contributed by atoms with Crippen molar-refractivity contribution in [2.75, 3.05) is 0 Å². The van der Waals surface area contributed by atoms with Crippen LogP contribution in [-0.4, -0.2) is 11.1 Å². The molecule has 0 spiro atoms. The Morgan fingerprint density at radius 1 is 1.31 bits per heavy atom. The summed E-state index contributed by atoms with van der Waals surface area (Å²) >= 11 is 0. The number of aryl methyl sites for hydroxylation is 1. The molecular formula is C11H17NO. The lowest BCUT2D eigenvalue weighted by Crippen LogP contribution is -2.18. The van der Waals surface area contributed by atoms with Crippen molar-refractivity contribution >= 4 is 0 Å². The van der Waals surface area contributed by atoms with Gasteiger partial charge in [-0.05, 0) is 25.8 Å². The first-order valence-corrected chi connectivity index (χ1v) is 4.60.